The minimum Gasteiger partial charge on any atom is -0.496 e. The Balaban J connectivity index is 1.68. The molecule has 27 heavy (non-hydrogen) atoms. The van der Waals surface area contributed by atoms with Gasteiger partial charge in [0, 0.05) is 18.0 Å². The molecule has 2 aromatic heterocycles. The smallest absolute Gasteiger partial charge is 0.268 e. The summed E-state index contributed by atoms with van der Waals surface area (Å²) in [7, 11) is 3.30. The predicted molar refractivity (Wildman–Crippen MR) is 107 cm³/mol. The standard InChI is InChI=1S/C20H17N3O3S/c1-23(11-17-21-15-9-10-27-18(15)19(24)22-17)20(25)14-7-8-16(26-2)13-6-4-3-5-12(13)14/h3-10H,11H2,1-2H3,(H,21,22,24). The number of hydrogen-bond acceptors (Lipinski definition) is 5. The number of benzene rings is 2. The number of aromatic amines is 1. The fraction of sp³-hybridized carbons (Fsp3) is 0.150. The van der Waals surface area contributed by atoms with Crippen LogP contribution in [0.1, 0.15) is 16.2 Å². The van der Waals surface area contributed by atoms with Gasteiger partial charge in [0.15, 0.2) is 0 Å². The molecule has 1 N–H and O–H groups in total. The number of carbonyl (C=O) groups excluding carboxylic acids is 1. The third kappa shape index (κ3) is 3.06. The van der Waals surface area contributed by atoms with Crippen molar-refractivity contribution >= 4 is 38.2 Å². The van der Waals surface area contributed by atoms with Gasteiger partial charge < -0.3 is 14.6 Å². The maximum absolute atomic E-state index is 13.0. The number of aromatic nitrogens is 2. The molecular weight excluding hydrogens is 362 g/mol. The van der Waals surface area contributed by atoms with Crippen molar-refractivity contribution < 1.29 is 9.53 Å². The molecule has 4 aromatic rings. The number of H-pyrrole nitrogens is 1. The molecule has 0 aliphatic rings. The molecule has 0 radical (unpaired) electrons. The number of rotatable bonds is 4. The lowest BCUT2D eigenvalue weighted by Gasteiger charge is -2.18. The Hall–Kier alpha value is -3.19. The molecule has 6 nitrogen and oxygen atoms in total. The van der Waals surface area contributed by atoms with E-state index in [4.69, 9.17) is 4.74 Å². The van der Waals surface area contributed by atoms with E-state index in [-0.39, 0.29) is 18.0 Å². The highest BCUT2D eigenvalue weighted by Gasteiger charge is 2.18. The number of hydrogen-bond donors (Lipinski definition) is 1. The Bertz CT molecular complexity index is 1210. The second kappa shape index (κ2) is 6.85. The topological polar surface area (TPSA) is 75.3 Å². The molecule has 0 fully saturated rings. The Morgan fingerprint density at radius 3 is 2.74 bits per heavy atom. The Morgan fingerprint density at radius 2 is 1.96 bits per heavy atom. The number of thiophene rings is 1. The van der Waals surface area contributed by atoms with Crippen molar-refractivity contribution in [2.75, 3.05) is 14.2 Å². The number of nitrogens with zero attached hydrogens (tertiary/aromatic N) is 2. The zero-order valence-corrected chi connectivity index (χ0v) is 15.7. The summed E-state index contributed by atoms with van der Waals surface area (Å²) < 4.78 is 5.98. The van der Waals surface area contributed by atoms with Gasteiger partial charge in [-0.15, -0.1) is 11.3 Å². The monoisotopic (exact) mass is 379 g/mol. The van der Waals surface area contributed by atoms with Crippen LogP contribution < -0.4 is 10.3 Å². The van der Waals surface area contributed by atoms with Crippen LogP contribution in [0.5, 0.6) is 5.75 Å². The van der Waals surface area contributed by atoms with Gasteiger partial charge in [0.25, 0.3) is 11.5 Å². The van der Waals surface area contributed by atoms with Gasteiger partial charge in [-0.2, -0.15) is 0 Å². The lowest BCUT2D eigenvalue weighted by atomic mass is 10.0. The van der Waals surface area contributed by atoms with Gasteiger partial charge >= 0.3 is 0 Å². The van der Waals surface area contributed by atoms with Crippen LogP contribution in [0.3, 0.4) is 0 Å². The summed E-state index contributed by atoms with van der Waals surface area (Å²) in [5.41, 5.74) is 1.04. The Kier molecular flexibility index (Phi) is 4.37. The lowest BCUT2D eigenvalue weighted by molar-refractivity contribution is 0.0783. The van der Waals surface area contributed by atoms with Gasteiger partial charge in [-0.25, -0.2) is 4.98 Å². The lowest BCUT2D eigenvalue weighted by Crippen LogP contribution is -2.28. The van der Waals surface area contributed by atoms with Crippen LogP contribution in [0.2, 0.25) is 0 Å². The van der Waals surface area contributed by atoms with Gasteiger partial charge in [-0.05, 0) is 29.0 Å². The first-order valence-corrected chi connectivity index (χ1v) is 9.24. The zero-order chi connectivity index (χ0) is 19.0. The fourth-order valence-corrected chi connectivity index (χ4v) is 3.86. The molecule has 0 saturated heterocycles. The predicted octanol–water partition coefficient (Wildman–Crippen LogP) is 3.42. The average molecular weight is 379 g/mol. The molecule has 0 unspecified atom stereocenters. The molecule has 7 heteroatoms. The van der Waals surface area contributed by atoms with E-state index in [2.05, 4.69) is 9.97 Å². The number of fused-ring (bicyclic) bond motifs is 2. The normalized spacial score (nSPS) is 11.0. The highest BCUT2D eigenvalue weighted by atomic mass is 32.1. The van der Waals surface area contributed by atoms with Crippen LogP contribution in [0.4, 0.5) is 0 Å². The van der Waals surface area contributed by atoms with Gasteiger partial charge in [-0.3, -0.25) is 9.59 Å². The molecule has 0 bridgehead atoms. The van der Waals surface area contributed by atoms with E-state index in [1.807, 2.05) is 29.6 Å². The number of ether oxygens (including phenoxy) is 1. The molecular formula is C20H17N3O3S. The highest BCUT2D eigenvalue weighted by molar-refractivity contribution is 7.17. The average Bonchev–Trinajstić information content (AvgIpc) is 3.15. The number of carbonyl (C=O) groups is 1. The van der Waals surface area contributed by atoms with Crippen molar-refractivity contribution in [2.45, 2.75) is 6.54 Å². The van der Waals surface area contributed by atoms with E-state index < -0.39 is 0 Å². The molecule has 0 saturated carbocycles. The van der Waals surface area contributed by atoms with E-state index >= 15 is 0 Å². The van der Waals surface area contributed by atoms with Crippen LogP contribution in [-0.2, 0) is 6.54 Å². The second-order valence-electron chi connectivity index (χ2n) is 6.17. The summed E-state index contributed by atoms with van der Waals surface area (Å²) in [4.78, 5) is 33.9. The van der Waals surface area contributed by atoms with Crippen LogP contribution in [0.25, 0.3) is 21.0 Å². The molecule has 0 aliphatic heterocycles. The highest BCUT2D eigenvalue weighted by Crippen LogP contribution is 2.29. The summed E-state index contributed by atoms with van der Waals surface area (Å²) in [6.45, 7) is 0.209. The quantitative estimate of drug-likeness (QED) is 0.590. The van der Waals surface area contributed by atoms with Crippen molar-refractivity contribution in [3.05, 3.63) is 69.6 Å². The minimum absolute atomic E-state index is 0.151. The van der Waals surface area contributed by atoms with Crippen molar-refractivity contribution in [1.82, 2.24) is 14.9 Å². The number of nitrogens with one attached hydrogen (secondary N) is 1. The number of methoxy groups -OCH3 is 1. The summed E-state index contributed by atoms with van der Waals surface area (Å²) in [5, 5.41) is 3.53. The van der Waals surface area contributed by atoms with Crippen LogP contribution in [0.15, 0.2) is 52.6 Å². The van der Waals surface area contributed by atoms with E-state index in [0.717, 1.165) is 16.5 Å². The molecule has 4 rings (SSSR count). The first kappa shape index (κ1) is 17.2. The van der Waals surface area contributed by atoms with Crippen LogP contribution in [0, 0.1) is 0 Å². The van der Waals surface area contributed by atoms with E-state index in [0.29, 0.717) is 21.6 Å². The third-order valence-electron chi connectivity index (χ3n) is 4.43. The fourth-order valence-electron chi connectivity index (χ4n) is 3.13. The van der Waals surface area contributed by atoms with E-state index in [9.17, 15) is 9.59 Å². The second-order valence-corrected chi connectivity index (χ2v) is 7.09. The minimum atomic E-state index is -0.180. The number of amides is 1. The van der Waals surface area contributed by atoms with Crippen LogP contribution >= 0.6 is 11.3 Å². The van der Waals surface area contributed by atoms with Gasteiger partial charge in [0.2, 0.25) is 0 Å². The van der Waals surface area contributed by atoms with Crippen molar-refractivity contribution in [2.24, 2.45) is 0 Å². The molecule has 0 aliphatic carbocycles. The summed E-state index contributed by atoms with van der Waals surface area (Å²) in [6, 6.07) is 13.0. The van der Waals surface area contributed by atoms with E-state index in [1.54, 1.807) is 37.3 Å². The largest absolute Gasteiger partial charge is 0.496 e. The van der Waals surface area contributed by atoms with Gasteiger partial charge in [-0.1, -0.05) is 24.3 Å². The molecule has 136 valence electrons. The van der Waals surface area contributed by atoms with Gasteiger partial charge in [0.1, 0.15) is 16.3 Å². The SMILES string of the molecule is COc1ccc(C(=O)N(C)Cc2nc3ccsc3c(=O)[nH]2)c2ccccc12. The maximum atomic E-state index is 13.0. The summed E-state index contributed by atoms with van der Waals surface area (Å²) in [5.74, 6) is 1.03. The molecule has 1 amide bonds. The van der Waals surface area contributed by atoms with Crippen LogP contribution in [-0.4, -0.2) is 34.9 Å². The molecule has 2 heterocycles. The summed E-state index contributed by atoms with van der Waals surface area (Å²) >= 11 is 1.35. The Morgan fingerprint density at radius 1 is 1.19 bits per heavy atom. The Labute approximate surface area is 159 Å². The molecule has 2 aromatic carbocycles. The molecule has 0 atom stereocenters. The third-order valence-corrected chi connectivity index (χ3v) is 5.33. The van der Waals surface area contributed by atoms with Crippen molar-refractivity contribution in [1.29, 1.82) is 0 Å². The molecule has 0 spiro atoms. The van der Waals surface area contributed by atoms with Gasteiger partial charge in [0.05, 0.1) is 19.2 Å². The van der Waals surface area contributed by atoms with E-state index in [1.165, 1.54) is 11.3 Å². The van der Waals surface area contributed by atoms with Crippen molar-refractivity contribution in [3.8, 4) is 5.75 Å². The zero-order valence-electron chi connectivity index (χ0n) is 14.9. The maximum Gasteiger partial charge on any atom is 0.268 e. The summed E-state index contributed by atoms with van der Waals surface area (Å²) in [6.07, 6.45) is 0. The first-order valence-electron chi connectivity index (χ1n) is 8.36. The first-order chi connectivity index (χ1) is 13.1. The van der Waals surface area contributed by atoms with Crippen molar-refractivity contribution in [3.63, 3.8) is 0 Å².